The van der Waals surface area contributed by atoms with E-state index in [4.69, 9.17) is 19.3 Å². The van der Waals surface area contributed by atoms with Gasteiger partial charge in [-0.2, -0.15) is 0 Å². The molecule has 4 N–H and O–H groups in total. The molecule has 0 heterocycles. The minimum atomic E-state index is -4.83. The first-order chi connectivity index (χ1) is 26.0. The Morgan fingerprint density at radius 2 is 1.30 bits per heavy atom. The van der Waals surface area contributed by atoms with Crippen LogP contribution in [0.3, 0.4) is 0 Å². The molecular formula is C42H75O11P. The van der Waals surface area contributed by atoms with E-state index in [2.05, 4.69) is 18.4 Å². The summed E-state index contributed by atoms with van der Waals surface area (Å²) in [6, 6.07) is 0. The van der Waals surface area contributed by atoms with Crippen LogP contribution in [0.2, 0.25) is 0 Å². The van der Waals surface area contributed by atoms with Gasteiger partial charge in [0.1, 0.15) is 12.4 Å². The Bertz CT molecular complexity index is 1090. The highest BCUT2D eigenvalue weighted by Crippen LogP contribution is 2.36. The number of esters is 2. The van der Waals surface area contributed by atoms with Gasteiger partial charge in [-0.3, -0.25) is 18.9 Å². The molecule has 0 radical (unpaired) electrons. The normalized spacial score (nSPS) is 18.9. The lowest BCUT2D eigenvalue weighted by molar-refractivity contribution is -0.161. The van der Waals surface area contributed by atoms with Crippen molar-refractivity contribution >= 4 is 25.5 Å². The van der Waals surface area contributed by atoms with Crippen LogP contribution in [-0.4, -0.2) is 69.2 Å². The van der Waals surface area contributed by atoms with Gasteiger partial charge in [-0.25, -0.2) is 4.57 Å². The number of phosphoric ester groups is 1. The molecule has 0 aromatic rings. The lowest BCUT2D eigenvalue weighted by Crippen LogP contribution is -2.29. The van der Waals surface area contributed by atoms with Crippen molar-refractivity contribution in [1.82, 2.24) is 0 Å². The van der Waals surface area contributed by atoms with Crippen LogP contribution in [0.4, 0.5) is 0 Å². The molecule has 0 amide bonds. The number of unbranched alkanes of at least 4 members (excludes halogenated alkanes) is 18. The van der Waals surface area contributed by atoms with E-state index in [-0.39, 0.29) is 43.5 Å². The van der Waals surface area contributed by atoms with Crippen LogP contribution in [0.1, 0.15) is 181 Å². The van der Waals surface area contributed by atoms with E-state index in [9.17, 15) is 29.2 Å². The first-order valence-electron chi connectivity index (χ1n) is 21.2. The van der Waals surface area contributed by atoms with E-state index in [0.717, 1.165) is 38.5 Å². The Hall–Kier alpha value is -1.88. The molecule has 1 rings (SSSR count). The maximum absolute atomic E-state index is 12.5. The van der Waals surface area contributed by atoms with Crippen LogP contribution in [0, 0.1) is 11.8 Å². The zero-order chi connectivity index (χ0) is 39.9. The van der Waals surface area contributed by atoms with Gasteiger partial charge in [-0.05, 0) is 32.1 Å². The quantitative estimate of drug-likeness (QED) is 0.0208. The van der Waals surface area contributed by atoms with Crippen molar-refractivity contribution < 1.29 is 52.9 Å². The van der Waals surface area contributed by atoms with Gasteiger partial charge < -0.3 is 29.5 Å². The fraction of sp³-hybridized carbons (Fsp3) is 0.833. The second-order valence-electron chi connectivity index (χ2n) is 15.1. The van der Waals surface area contributed by atoms with Crippen LogP contribution in [0.15, 0.2) is 24.3 Å². The number of hydrogen-bond acceptors (Lipinski definition) is 9. The summed E-state index contributed by atoms with van der Waals surface area (Å²) in [6.07, 6.45) is 29.8. The molecule has 0 aromatic heterocycles. The van der Waals surface area contributed by atoms with E-state index in [1.807, 2.05) is 12.2 Å². The maximum atomic E-state index is 12.5. The van der Waals surface area contributed by atoms with Gasteiger partial charge >= 0.3 is 19.8 Å². The summed E-state index contributed by atoms with van der Waals surface area (Å²) < 4.78 is 26.3. The highest BCUT2D eigenvalue weighted by Gasteiger charge is 2.39. The number of carbonyl (C=O) groups excluding carboxylic acids is 3. The fourth-order valence-corrected chi connectivity index (χ4v) is 7.19. The van der Waals surface area contributed by atoms with E-state index in [0.29, 0.717) is 32.1 Å². The van der Waals surface area contributed by atoms with Crippen LogP contribution < -0.4 is 0 Å². The molecule has 0 unspecified atom stereocenters. The largest absolute Gasteiger partial charge is 0.469 e. The van der Waals surface area contributed by atoms with Crippen LogP contribution >= 0.6 is 7.82 Å². The lowest BCUT2D eigenvalue weighted by atomic mass is 9.90. The first-order valence-corrected chi connectivity index (χ1v) is 22.8. The average Bonchev–Trinajstić information content (AvgIpc) is 3.40. The zero-order valence-electron chi connectivity index (χ0n) is 33.6. The molecular weight excluding hydrogens is 711 g/mol. The van der Waals surface area contributed by atoms with E-state index in [1.54, 1.807) is 12.2 Å². The molecule has 5 atom stereocenters. The van der Waals surface area contributed by atoms with Crippen molar-refractivity contribution in [2.24, 2.45) is 11.8 Å². The molecule has 0 aliphatic heterocycles. The zero-order valence-corrected chi connectivity index (χ0v) is 34.5. The predicted octanol–water partition coefficient (Wildman–Crippen LogP) is 9.38. The van der Waals surface area contributed by atoms with Crippen LogP contribution in [0.5, 0.6) is 0 Å². The average molecular weight is 787 g/mol. The van der Waals surface area contributed by atoms with E-state index >= 15 is 0 Å². The summed E-state index contributed by atoms with van der Waals surface area (Å²) in [6.45, 7) is 3.37. The maximum Gasteiger partial charge on any atom is 0.469 e. The third-order valence-electron chi connectivity index (χ3n) is 10.1. The van der Waals surface area contributed by atoms with Gasteiger partial charge in [0.2, 0.25) is 0 Å². The number of Topliss-reactive ketones (excluding diaryl/α,β-unsaturated/α-hetero) is 1. The predicted molar refractivity (Wildman–Crippen MR) is 213 cm³/mol. The Labute approximate surface area is 326 Å². The SMILES string of the molecule is CCCCCCCCCCCCCCCCCCC(=O)OC[C@H](COP(=O)(O)O)OC(=O)CCC/C=C\C[C@H]1C(=O)C[C@@H](O)[C@@H]1/C=C/[C@@H](O)CCCCC. The van der Waals surface area contributed by atoms with Gasteiger partial charge in [-0.1, -0.05) is 154 Å². The first kappa shape index (κ1) is 50.1. The highest BCUT2D eigenvalue weighted by molar-refractivity contribution is 7.46. The smallest absolute Gasteiger partial charge is 0.462 e. The number of rotatable bonds is 35. The molecule has 0 saturated heterocycles. The number of carbonyl (C=O) groups is 3. The molecule has 0 aromatic carbocycles. The minimum Gasteiger partial charge on any atom is -0.462 e. The number of allylic oxidation sites excluding steroid dienone is 2. The molecule has 1 aliphatic rings. The summed E-state index contributed by atoms with van der Waals surface area (Å²) in [7, 11) is -4.83. The Balaban J connectivity index is 2.28. The van der Waals surface area contributed by atoms with Gasteiger partial charge in [-0.15, -0.1) is 0 Å². The Morgan fingerprint density at radius 1 is 0.759 bits per heavy atom. The second kappa shape index (κ2) is 32.2. The minimum absolute atomic E-state index is 0.0138. The molecule has 0 spiro atoms. The molecule has 314 valence electrons. The number of aliphatic hydroxyl groups excluding tert-OH is 2. The molecule has 12 heteroatoms. The van der Waals surface area contributed by atoms with Crippen molar-refractivity contribution in [3.8, 4) is 0 Å². The van der Waals surface area contributed by atoms with Crippen molar-refractivity contribution in [3.63, 3.8) is 0 Å². The summed E-state index contributed by atoms with van der Waals surface area (Å²) in [5.74, 6) is -1.82. The molecule has 1 saturated carbocycles. The van der Waals surface area contributed by atoms with Gasteiger partial charge in [0, 0.05) is 31.1 Å². The molecule has 1 fully saturated rings. The van der Waals surface area contributed by atoms with Gasteiger partial charge in [0.15, 0.2) is 6.10 Å². The summed E-state index contributed by atoms with van der Waals surface area (Å²) >= 11 is 0. The molecule has 54 heavy (non-hydrogen) atoms. The Morgan fingerprint density at radius 3 is 1.87 bits per heavy atom. The fourth-order valence-electron chi connectivity index (χ4n) is 6.83. The van der Waals surface area contributed by atoms with Gasteiger partial charge in [0.25, 0.3) is 0 Å². The molecule has 1 aliphatic carbocycles. The Kier molecular flexibility index (Phi) is 29.9. The number of phosphoric acid groups is 1. The van der Waals surface area contributed by atoms with Crippen LogP contribution in [-0.2, 0) is 32.9 Å². The van der Waals surface area contributed by atoms with E-state index in [1.165, 1.54) is 77.0 Å². The van der Waals surface area contributed by atoms with Gasteiger partial charge in [0.05, 0.1) is 18.8 Å². The third-order valence-corrected chi connectivity index (χ3v) is 10.6. The monoisotopic (exact) mass is 787 g/mol. The van der Waals surface area contributed by atoms with Crippen molar-refractivity contribution in [2.45, 2.75) is 199 Å². The lowest BCUT2D eigenvalue weighted by Gasteiger charge is -2.18. The molecule has 11 nitrogen and oxygen atoms in total. The number of aliphatic hydroxyl groups is 2. The van der Waals surface area contributed by atoms with Crippen molar-refractivity contribution in [3.05, 3.63) is 24.3 Å². The second-order valence-corrected chi connectivity index (χ2v) is 16.3. The van der Waals surface area contributed by atoms with E-state index < -0.39 is 44.7 Å². The summed E-state index contributed by atoms with van der Waals surface area (Å²) in [5.41, 5.74) is 0. The highest BCUT2D eigenvalue weighted by atomic mass is 31.2. The summed E-state index contributed by atoms with van der Waals surface area (Å²) in [5, 5.41) is 20.6. The summed E-state index contributed by atoms with van der Waals surface area (Å²) in [4.78, 5) is 55.5. The number of hydrogen-bond donors (Lipinski definition) is 4. The standard InChI is InChI=1S/C42H75O11P/c1-3-5-7-8-9-10-11-12-13-14-15-16-17-18-19-24-28-41(46)51-33-36(34-52-54(48,49)50)53-42(47)29-25-21-20-23-27-37-38(40(45)32-39(37)44)31-30-35(43)26-22-6-4-2/h20,23,30-31,35-38,40,43,45H,3-19,21-22,24-29,32-34H2,1-2H3,(H2,48,49,50)/b23-20-,31-30+/t35-,36+,37+,38+,40+/m0/s1. The number of ether oxygens (including phenoxy) is 2. The number of ketones is 1. The van der Waals surface area contributed by atoms with Crippen molar-refractivity contribution in [2.75, 3.05) is 13.2 Å². The van der Waals surface area contributed by atoms with Crippen LogP contribution in [0.25, 0.3) is 0 Å². The molecule has 0 bridgehead atoms. The topological polar surface area (TPSA) is 177 Å². The third kappa shape index (κ3) is 27.7. The van der Waals surface area contributed by atoms with Crippen molar-refractivity contribution in [1.29, 1.82) is 0 Å².